The molecule has 0 bridgehead atoms. The molecule has 0 amide bonds. The fraction of sp³-hybridized carbons (Fsp3) is 0.650. The number of Topliss-reactive ketones (excluding diaryl/α,β-unsaturated/α-hetero) is 1. The monoisotopic (exact) mass is 380 g/mol. The minimum absolute atomic E-state index is 0.0607. The molecule has 0 spiro atoms. The van der Waals surface area contributed by atoms with Gasteiger partial charge in [0.15, 0.2) is 5.78 Å². The summed E-state index contributed by atoms with van der Waals surface area (Å²) in [6, 6.07) is -0.894. The third-order valence-corrected chi connectivity index (χ3v) is 5.75. The average Bonchev–Trinajstić information content (AvgIpc) is 2.56. The highest BCUT2D eigenvalue weighted by atomic mass is 35.5. The number of ether oxygens (including phenoxy) is 1. The van der Waals surface area contributed by atoms with Crippen molar-refractivity contribution < 1.29 is 14.6 Å². The highest BCUT2D eigenvalue weighted by Gasteiger charge is 2.50. The quantitative estimate of drug-likeness (QED) is 0.505. The second-order valence-electron chi connectivity index (χ2n) is 7.95. The van der Waals surface area contributed by atoms with Gasteiger partial charge in [0, 0.05) is 6.42 Å². The Morgan fingerprint density at radius 1 is 1.42 bits per heavy atom. The molecule has 3 N–H and O–H groups in total. The summed E-state index contributed by atoms with van der Waals surface area (Å²) < 4.78 is 6.10. The van der Waals surface area contributed by atoms with Crippen LogP contribution in [-0.4, -0.2) is 41.2 Å². The van der Waals surface area contributed by atoms with Crippen LogP contribution in [0.4, 0.5) is 0 Å². The van der Waals surface area contributed by atoms with E-state index in [0.29, 0.717) is 22.9 Å². The van der Waals surface area contributed by atoms with Gasteiger partial charge in [0.1, 0.15) is 28.7 Å². The number of aliphatic hydroxyl groups is 1. The summed E-state index contributed by atoms with van der Waals surface area (Å²) in [5.41, 5.74) is 1.81. The van der Waals surface area contributed by atoms with Crippen LogP contribution in [-0.2, 0) is 9.53 Å². The number of hydrogen-bond donors (Lipinski definition) is 3. The molecule has 0 saturated carbocycles. The standard InChI is InChI=1S/C20H29ClN2O3/c1-5-6-7-8-22-17-15-13(26-20(3,4)19(17)25)10-12-11(2)9-14(21)23-16(12)18(15)24/h9,16-17,19,22-23,25H,5-8,10H2,1-4H3. The first-order valence-electron chi connectivity index (χ1n) is 9.47. The van der Waals surface area contributed by atoms with Crippen molar-refractivity contribution in [1.29, 1.82) is 0 Å². The Morgan fingerprint density at radius 2 is 2.15 bits per heavy atom. The molecule has 0 aromatic rings. The maximum Gasteiger partial charge on any atom is 0.190 e. The van der Waals surface area contributed by atoms with E-state index in [1.54, 1.807) is 0 Å². The minimum atomic E-state index is -0.798. The van der Waals surface area contributed by atoms with E-state index in [4.69, 9.17) is 16.3 Å². The van der Waals surface area contributed by atoms with E-state index >= 15 is 0 Å². The van der Waals surface area contributed by atoms with E-state index in [1.807, 2.05) is 26.8 Å². The summed E-state index contributed by atoms with van der Waals surface area (Å²) in [6.07, 6.45) is 4.86. The van der Waals surface area contributed by atoms with Crippen LogP contribution in [0.15, 0.2) is 33.7 Å². The number of fused-ring (bicyclic) bond motifs is 1. The molecule has 144 valence electrons. The van der Waals surface area contributed by atoms with Crippen LogP contribution in [0.3, 0.4) is 0 Å². The summed E-state index contributed by atoms with van der Waals surface area (Å²) in [6.45, 7) is 8.62. The molecule has 6 heteroatoms. The Bertz CT molecular complexity index is 693. The van der Waals surface area contributed by atoms with Crippen LogP contribution < -0.4 is 10.6 Å². The van der Waals surface area contributed by atoms with Gasteiger partial charge in [-0.2, -0.15) is 0 Å². The topological polar surface area (TPSA) is 70.6 Å². The largest absolute Gasteiger partial charge is 0.489 e. The molecule has 0 radical (unpaired) electrons. The maximum atomic E-state index is 13.3. The molecule has 3 unspecified atom stereocenters. The van der Waals surface area contributed by atoms with Crippen LogP contribution in [0.25, 0.3) is 0 Å². The lowest BCUT2D eigenvalue weighted by Gasteiger charge is -2.46. The zero-order valence-electron chi connectivity index (χ0n) is 16.0. The van der Waals surface area contributed by atoms with Crippen molar-refractivity contribution in [3.05, 3.63) is 33.7 Å². The van der Waals surface area contributed by atoms with Gasteiger partial charge >= 0.3 is 0 Å². The SMILES string of the molecule is CCCCCNC1C2=C(CC3=C(C)C=C(Cl)NC3C2=O)OC(C)(C)C1O. The number of allylic oxidation sites excluding steroid dienone is 3. The lowest BCUT2D eigenvalue weighted by molar-refractivity contribution is -0.126. The predicted octanol–water partition coefficient (Wildman–Crippen LogP) is 2.90. The van der Waals surface area contributed by atoms with Gasteiger partial charge in [-0.3, -0.25) is 4.79 Å². The molecule has 5 nitrogen and oxygen atoms in total. The molecular formula is C20H29ClN2O3. The van der Waals surface area contributed by atoms with Crippen molar-refractivity contribution >= 4 is 17.4 Å². The number of rotatable bonds is 5. The summed E-state index contributed by atoms with van der Waals surface area (Å²) in [5, 5.41) is 17.8. The number of hydrogen-bond acceptors (Lipinski definition) is 5. The van der Waals surface area contributed by atoms with Crippen molar-refractivity contribution in [1.82, 2.24) is 10.6 Å². The first kappa shape index (κ1) is 19.5. The summed E-state index contributed by atoms with van der Waals surface area (Å²) in [5.74, 6) is 0.617. The fourth-order valence-electron chi connectivity index (χ4n) is 4.00. The van der Waals surface area contributed by atoms with Gasteiger partial charge < -0.3 is 20.5 Å². The van der Waals surface area contributed by atoms with E-state index in [1.165, 1.54) is 0 Å². The van der Waals surface area contributed by atoms with Crippen molar-refractivity contribution in [2.24, 2.45) is 0 Å². The number of halogens is 1. The Kier molecular flexibility index (Phi) is 5.52. The number of nitrogens with one attached hydrogen (secondary N) is 2. The van der Waals surface area contributed by atoms with Gasteiger partial charge in [0.2, 0.25) is 0 Å². The highest BCUT2D eigenvalue weighted by Crippen LogP contribution is 2.41. The smallest absolute Gasteiger partial charge is 0.190 e. The van der Waals surface area contributed by atoms with Crippen LogP contribution in [0.2, 0.25) is 0 Å². The van der Waals surface area contributed by atoms with Gasteiger partial charge in [-0.15, -0.1) is 0 Å². The van der Waals surface area contributed by atoms with Gasteiger partial charge in [0.05, 0.1) is 11.6 Å². The molecule has 3 rings (SSSR count). The predicted molar refractivity (Wildman–Crippen MR) is 103 cm³/mol. The molecule has 1 aliphatic carbocycles. The van der Waals surface area contributed by atoms with E-state index in [-0.39, 0.29) is 5.78 Å². The third-order valence-electron chi connectivity index (χ3n) is 5.53. The zero-order chi connectivity index (χ0) is 19.1. The molecule has 2 heterocycles. The Labute approximate surface area is 160 Å². The number of carbonyl (C=O) groups excluding carboxylic acids is 1. The Morgan fingerprint density at radius 3 is 2.85 bits per heavy atom. The average molecular weight is 381 g/mol. The van der Waals surface area contributed by atoms with E-state index in [0.717, 1.165) is 37.0 Å². The summed E-state index contributed by atoms with van der Waals surface area (Å²) in [4.78, 5) is 13.3. The summed E-state index contributed by atoms with van der Waals surface area (Å²) in [7, 11) is 0. The number of dihydropyridines is 1. The van der Waals surface area contributed by atoms with E-state index < -0.39 is 23.8 Å². The van der Waals surface area contributed by atoms with Gasteiger partial charge in [-0.05, 0) is 51.0 Å². The van der Waals surface area contributed by atoms with Crippen LogP contribution in [0.5, 0.6) is 0 Å². The molecule has 3 atom stereocenters. The van der Waals surface area contributed by atoms with Crippen molar-refractivity contribution in [2.75, 3.05) is 6.54 Å². The zero-order valence-corrected chi connectivity index (χ0v) is 16.7. The summed E-state index contributed by atoms with van der Waals surface area (Å²) >= 11 is 6.15. The first-order valence-corrected chi connectivity index (χ1v) is 9.85. The van der Waals surface area contributed by atoms with Crippen molar-refractivity contribution in [3.8, 4) is 0 Å². The van der Waals surface area contributed by atoms with E-state index in [2.05, 4.69) is 17.6 Å². The second kappa shape index (κ2) is 7.37. The van der Waals surface area contributed by atoms with E-state index in [9.17, 15) is 9.90 Å². The Hall–Kier alpha value is -1.30. The van der Waals surface area contributed by atoms with Crippen LogP contribution in [0, 0.1) is 0 Å². The highest BCUT2D eigenvalue weighted by molar-refractivity contribution is 6.30. The minimum Gasteiger partial charge on any atom is -0.489 e. The molecule has 26 heavy (non-hydrogen) atoms. The van der Waals surface area contributed by atoms with Gasteiger partial charge in [-0.1, -0.05) is 31.4 Å². The molecule has 2 aliphatic heterocycles. The third kappa shape index (κ3) is 3.45. The van der Waals surface area contributed by atoms with Gasteiger partial charge in [-0.25, -0.2) is 0 Å². The molecule has 0 fully saturated rings. The molecule has 3 aliphatic rings. The Balaban J connectivity index is 1.95. The number of ketones is 1. The van der Waals surface area contributed by atoms with Gasteiger partial charge in [0.25, 0.3) is 0 Å². The van der Waals surface area contributed by atoms with Crippen LogP contribution >= 0.6 is 11.6 Å². The fourth-order valence-corrected chi connectivity index (χ4v) is 4.28. The number of aliphatic hydroxyl groups excluding tert-OH is 1. The van der Waals surface area contributed by atoms with Crippen molar-refractivity contribution in [2.45, 2.75) is 77.2 Å². The number of carbonyl (C=O) groups is 1. The first-order chi connectivity index (χ1) is 12.3. The molecular weight excluding hydrogens is 352 g/mol. The lowest BCUT2D eigenvalue weighted by Crippen LogP contribution is -2.60. The second-order valence-corrected chi connectivity index (χ2v) is 8.35. The molecule has 0 saturated heterocycles. The number of unbranched alkanes of at least 4 members (excludes halogenated alkanes) is 2. The van der Waals surface area contributed by atoms with Crippen molar-refractivity contribution in [3.63, 3.8) is 0 Å². The normalized spacial score (nSPS) is 30.3. The maximum absolute atomic E-state index is 13.3. The van der Waals surface area contributed by atoms with Crippen LogP contribution in [0.1, 0.15) is 53.4 Å². The molecule has 0 aromatic heterocycles. The lowest BCUT2D eigenvalue weighted by atomic mass is 9.75. The molecule has 0 aromatic carbocycles.